The van der Waals surface area contributed by atoms with Crippen LogP contribution in [0.5, 0.6) is 0 Å². The first-order chi connectivity index (χ1) is 7.70. The van der Waals surface area contributed by atoms with Crippen molar-refractivity contribution in [2.75, 3.05) is 18.0 Å². The summed E-state index contributed by atoms with van der Waals surface area (Å²) in [6.45, 7) is 3.78. The molecule has 2 heterocycles. The fraction of sp³-hybridized carbons (Fsp3) is 0.500. The SMILES string of the molecule is Cc1nc(N2CCCC(C=O)C2)ccc1Br. The summed E-state index contributed by atoms with van der Waals surface area (Å²) < 4.78 is 1.03. The number of rotatable bonds is 2. The van der Waals surface area contributed by atoms with Crippen LogP contribution in [0.1, 0.15) is 18.5 Å². The number of piperidine rings is 1. The lowest BCUT2D eigenvalue weighted by Gasteiger charge is -2.31. The van der Waals surface area contributed by atoms with Crippen molar-refractivity contribution in [2.45, 2.75) is 19.8 Å². The smallest absolute Gasteiger partial charge is 0.128 e. The minimum absolute atomic E-state index is 0.166. The number of anilines is 1. The average molecular weight is 283 g/mol. The van der Waals surface area contributed by atoms with E-state index >= 15 is 0 Å². The summed E-state index contributed by atoms with van der Waals surface area (Å²) in [6, 6.07) is 4.02. The molecule has 4 heteroatoms. The molecule has 0 saturated carbocycles. The molecule has 86 valence electrons. The van der Waals surface area contributed by atoms with Gasteiger partial charge in [-0.2, -0.15) is 0 Å². The van der Waals surface area contributed by atoms with Gasteiger partial charge in [-0.25, -0.2) is 4.98 Å². The van der Waals surface area contributed by atoms with Gasteiger partial charge in [0.05, 0.1) is 5.69 Å². The number of aromatic nitrogens is 1. The maximum atomic E-state index is 10.8. The van der Waals surface area contributed by atoms with E-state index in [9.17, 15) is 4.79 Å². The Morgan fingerprint density at radius 2 is 2.38 bits per heavy atom. The fourth-order valence-electron chi connectivity index (χ4n) is 2.04. The molecule has 0 radical (unpaired) electrons. The Morgan fingerprint density at radius 3 is 3.06 bits per heavy atom. The lowest BCUT2D eigenvalue weighted by atomic mass is 10.00. The van der Waals surface area contributed by atoms with Crippen molar-refractivity contribution in [3.05, 3.63) is 22.3 Å². The molecule has 0 aromatic carbocycles. The van der Waals surface area contributed by atoms with Crippen LogP contribution in [-0.2, 0) is 4.79 Å². The summed E-state index contributed by atoms with van der Waals surface area (Å²) in [7, 11) is 0. The second kappa shape index (κ2) is 4.95. The second-order valence-corrected chi connectivity index (χ2v) is 5.08. The van der Waals surface area contributed by atoms with E-state index < -0.39 is 0 Å². The third kappa shape index (κ3) is 2.43. The summed E-state index contributed by atoms with van der Waals surface area (Å²) in [5.74, 6) is 1.15. The Balaban J connectivity index is 2.16. The molecule has 1 aromatic rings. The Bertz CT molecular complexity index is 395. The van der Waals surface area contributed by atoms with Gasteiger partial charge in [-0.05, 0) is 47.8 Å². The highest BCUT2D eigenvalue weighted by Crippen LogP contribution is 2.23. The predicted molar refractivity (Wildman–Crippen MR) is 67.7 cm³/mol. The van der Waals surface area contributed by atoms with E-state index in [-0.39, 0.29) is 5.92 Å². The molecule has 0 N–H and O–H groups in total. The van der Waals surface area contributed by atoms with E-state index in [0.29, 0.717) is 0 Å². The van der Waals surface area contributed by atoms with E-state index in [0.717, 1.165) is 48.2 Å². The van der Waals surface area contributed by atoms with Gasteiger partial charge in [-0.1, -0.05) is 0 Å². The number of halogens is 1. The number of pyridine rings is 1. The number of hydrogen-bond acceptors (Lipinski definition) is 3. The van der Waals surface area contributed by atoms with Crippen molar-refractivity contribution < 1.29 is 4.79 Å². The minimum Gasteiger partial charge on any atom is -0.356 e. The molecule has 16 heavy (non-hydrogen) atoms. The highest BCUT2D eigenvalue weighted by molar-refractivity contribution is 9.10. The molecule has 1 saturated heterocycles. The van der Waals surface area contributed by atoms with Crippen LogP contribution in [0, 0.1) is 12.8 Å². The van der Waals surface area contributed by atoms with Crippen LogP contribution < -0.4 is 4.90 Å². The zero-order valence-corrected chi connectivity index (χ0v) is 10.9. The summed E-state index contributed by atoms with van der Waals surface area (Å²) in [5.41, 5.74) is 0.991. The van der Waals surface area contributed by atoms with Crippen molar-refractivity contribution in [3.8, 4) is 0 Å². The van der Waals surface area contributed by atoms with Crippen LogP contribution in [-0.4, -0.2) is 24.4 Å². The number of aldehydes is 1. The van der Waals surface area contributed by atoms with E-state index in [1.807, 2.05) is 19.1 Å². The summed E-state index contributed by atoms with van der Waals surface area (Å²) in [6.07, 6.45) is 3.15. The van der Waals surface area contributed by atoms with E-state index in [1.54, 1.807) is 0 Å². The minimum atomic E-state index is 0.166. The quantitative estimate of drug-likeness (QED) is 0.782. The fourth-order valence-corrected chi connectivity index (χ4v) is 2.26. The molecule has 1 aromatic heterocycles. The van der Waals surface area contributed by atoms with Crippen LogP contribution in [0.25, 0.3) is 0 Å². The molecule has 2 rings (SSSR count). The number of nitrogens with zero attached hydrogens (tertiary/aromatic N) is 2. The Kier molecular flexibility index (Phi) is 3.59. The number of carbonyl (C=O) groups is 1. The molecule has 3 nitrogen and oxygen atoms in total. The second-order valence-electron chi connectivity index (χ2n) is 4.22. The van der Waals surface area contributed by atoms with Gasteiger partial charge in [-0.15, -0.1) is 0 Å². The third-order valence-corrected chi connectivity index (χ3v) is 3.82. The molecule has 1 aliphatic rings. The number of hydrogen-bond donors (Lipinski definition) is 0. The maximum Gasteiger partial charge on any atom is 0.128 e. The van der Waals surface area contributed by atoms with Crippen molar-refractivity contribution in [1.29, 1.82) is 0 Å². The molecule has 0 bridgehead atoms. The zero-order chi connectivity index (χ0) is 11.5. The van der Waals surface area contributed by atoms with Crippen LogP contribution in [0.15, 0.2) is 16.6 Å². The average Bonchev–Trinajstić information content (AvgIpc) is 2.33. The van der Waals surface area contributed by atoms with E-state index in [1.165, 1.54) is 0 Å². The molecular formula is C12H15BrN2O. The molecule has 1 unspecified atom stereocenters. The highest BCUT2D eigenvalue weighted by atomic mass is 79.9. The molecule has 0 spiro atoms. The topological polar surface area (TPSA) is 33.2 Å². The van der Waals surface area contributed by atoms with Crippen LogP contribution >= 0.6 is 15.9 Å². The molecule has 0 aliphatic carbocycles. The summed E-state index contributed by atoms with van der Waals surface area (Å²) >= 11 is 3.44. The van der Waals surface area contributed by atoms with Gasteiger partial charge < -0.3 is 9.69 Å². The molecule has 1 atom stereocenters. The standard InChI is InChI=1S/C12H15BrN2O/c1-9-11(13)4-5-12(14-9)15-6-2-3-10(7-15)8-16/h4-5,8,10H,2-3,6-7H2,1H3. The molecule has 1 fully saturated rings. The third-order valence-electron chi connectivity index (χ3n) is 2.98. The van der Waals surface area contributed by atoms with Crippen molar-refractivity contribution >= 4 is 28.0 Å². The first-order valence-electron chi connectivity index (χ1n) is 5.54. The first-order valence-corrected chi connectivity index (χ1v) is 6.33. The van der Waals surface area contributed by atoms with E-state index in [4.69, 9.17) is 0 Å². The van der Waals surface area contributed by atoms with Gasteiger partial charge in [0.25, 0.3) is 0 Å². The van der Waals surface area contributed by atoms with E-state index in [2.05, 4.69) is 25.8 Å². The van der Waals surface area contributed by atoms with Crippen molar-refractivity contribution in [1.82, 2.24) is 4.98 Å². The monoisotopic (exact) mass is 282 g/mol. The largest absolute Gasteiger partial charge is 0.356 e. The van der Waals surface area contributed by atoms with Gasteiger partial charge in [0.2, 0.25) is 0 Å². The normalized spacial score (nSPS) is 20.9. The summed E-state index contributed by atoms with van der Waals surface area (Å²) in [5, 5.41) is 0. The highest BCUT2D eigenvalue weighted by Gasteiger charge is 2.20. The maximum absolute atomic E-state index is 10.8. The van der Waals surface area contributed by atoms with Gasteiger partial charge in [0.15, 0.2) is 0 Å². The van der Waals surface area contributed by atoms with Crippen molar-refractivity contribution in [2.24, 2.45) is 5.92 Å². The lowest BCUT2D eigenvalue weighted by molar-refractivity contribution is -0.111. The lowest BCUT2D eigenvalue weighted by Crippen LogP contribution is -2.36. The van der Waals surface area contributed by atoms with Crippen LogP contribution in [0.3, 0.4) is 0 Å². The molecule has 0 amide bonds. The van der Waals surface area contributed by atoms with Gasteiger partial charge >= 0.3 is 0 Å². The predicted octanol–water partition coefficient (Wildman–Crippen LogP) is 2.57. The Morgan fingerprint density at radius 1 is 1.56 bits per heavy atom. The van der Waals surface area contributed by atoms with Gasteiger partial charge in [-0.3, -0.25) is 0 Å². The van der Waals surface area contributed by atoms with Gasteiger partial charge in [0, 0.05) is 23.5 Å². The molecular weight excluding hydrogens is 268 g/mol. The number of aryl methyl sites for hydroxylation is 1. The van der Waals surface area contributed by atoms with Crippen LogP contribution in [0.2, 0.25) is 0 Å². The Labute approximate surface area is 104 Å². The zero-order valence-electron chi connectivity index (χ0n) is 9.32. The first kappa shape index (κ1) is 11.6. The number of carbonyl (C=O) groups excluding carboxylic acids is 1. The van der Waals surface area contributed by atoms with Crippen LogP contribution in [0.4, 0.5) is 5.82 Å². The van der Waals surface area contributed by atoms with Crippen molar-refractivity contribution in [3.63, 3.8) is 0 Å². The Hall–Kier alpha value is -0.900. The summed E-state index contributed by atoms with van der Waals surface area (Å²) in [4.78, 5) is 17.5. The van der Waals surface area contributed by atoms with Gasteiger partial charge in [0.1, 0.15) is 12.1 Å². The molecule has 1 aliphatic heterocycles.